The van der Waals surface area contributed by atoms with E-state index in [4.69, 9.17) is 9.47 Å². The van der Waals surface area contributed by atoms with E-state index in [0.717, 1.165) is 11.1 Å². The molecule has 3 rings (SSSR count). The maximum absolute atomic E-state index is 13.1. The molecule has 1 heterocycles. The molecule has 0 spiro atoms. The predicted molar refractivity (Wildman–Crippen MR) is 124 cm³/mol. The summed E-state index contributed by atoms with van der Waals surface area (Å²) >= 11 is 0. The number of Topliss-reactive ketones (excluding diaryl/α,β-unsaturated/α-hetero) is 1. The first-order valence-electron chi connectivity index (χ1n) is 11.0. The summed E-state index contributed by atoms with van der Waals surface area (Å²) < 4.78 is 10.7. The van der Waals surface area contributed by atoms with Crippen molar-refractivity contribution in [2.24, 2.45) is 0 Å². The zero-order valence-corrected chi connectivity index (χ0v) is 19.1. The van der Waals surface area contributed by atoms with Gasteiger partial charge in [0.15, 0.2) is 0 Å². The highest BCUT2D eigenvalue weighted by Crippen LogP contribution is 2.40. The Labute approximate surface area is 189 Å². The quantitative estimate of drug-likeness (QED) is 0.267. The van der Waals surface area contributed by atoms with Crippen LogP contribution in [0.3, 0.4) is 0 Å². The molecule has 0 radical (unpaired) electrons. The van der Waals surface area contributed by atoms with Gasteiger partial charge < -0.3 is 19.5 Å². The third-order valence-electron chi connectivity index (χ3n) is 5.62. The van der Waals surface area contributed by atoms with Crippen LogP contribution in [0.4, 0.5) is 0 Å². The molecule has 1 atom stereocenters. The van der Waals surface area contributed by atoms with E-state index in [1.807, 2.05) is 31.2 Å². The number of likely N-dealkylation sites (tertiary alicyclic amines) is 1. The van der Waals surface area contributed by atoms with Crippen LogP contribution >= 0.6 is 0 Å². The molecule has 0 aromatic heterocycles. The van der Waals surface area contributed by atoms with Crippen LogP contribution in [0.25, 0.3) is 5.76 Å². The summed E-state index contributed by atoms with van der Waals surface area (Å²) in [7, 11) is 1.60. The molecule has 1 aliphatic heterocycles. The summed E-state index contributed by atoms with van der Waals surface area (Å²) in [5.41, 5.74) is 2.48. The first-order valence-corrected chi connectivity index (χ1v) is 11.0. The van der Waals surface area contributed by atoms with Gasteiger partial charge in [0.1, 0.15) is 11.5 Å². The summed E-state index contributed by atoms with van der Waals surface area (Å²) in [5, 5.41) is 11.2. The molecule has 6 heteroatoms. The first kappa shape index (κ1) is 23.5. The summed E-state index contributed by atoms with van der Waals surface area (Å²) in [6, 6.07) is 14.1. The van der Waals surface area contributed by atoms with Crippen molar-refractivity contribution < 1.29 is 24.2 Å². The van der Waals surface area contributed by atoms with Crippen LogP contribution in [-0.4, -0.2) is 48.6 Å². The summed E-state index contributed by atoms with van der Waals surface area (Å²) in [6.45, 7) is 7.40. The maximum Gasteiger partial charge on any atom is 0.295 e. The number of ether oxygens (including phenoxy) is 2. The fourth-order valence-electron chi connectivity index (χ4n) is 3.95. The van der Waals surface area contributed by atoms with Crippen molar-refractivity contribution in [3.63, 3.8) is 0 Å². The third kappa shape index (κ3) is 4.86. The molecule has 170 valence electrons. The van der Waals surface area contributed by atoms with Gasteiger partial charge in [-0.15, -0.1) is 0 Å². The largest absolute Gasteiger partial charge is 0.507 e. The Kier molecular flexibility index (Phi) is 7.70. The van der Waals surface area contributed by atoms with Gasteiger partial charge in [-0.1, -0.05) is 50.2 Å². The maximum atomic E-state index is 13.1. The Morgan fingerprint density at radius 3 is 2.47 bits per heavy atom. The fraction of sp³-hybridized carbons (Fsp3) is 0.385. The van der Waals surface area contributed by atoms with Crippen molar-refractivity contribution in [2.45, 2.75) is 39.2 Å². The number of amides is 1. The Bertz CT molecular complexity index is 994. The number of benzene rings is 2. The smallest absolute Gasteiger partial charge is 0.295 e. The minimum atomic E-state index is -0.681. The van der Waals surface area contributed by atoms with E-state index in [0.29, 0.717) is 43.4 Å². The highest BCUT2D eigenvalue weighted by Gasteiger charge is 2.45. The number of carbonyl (C=O) groups is 2. The highest BCUT2D eigenvalue weighted by atomic mass is 16.5. The Morgan fingerprint density at radius 1 is 1.12 bits per heavy atom. The van der Waals surface area contributed by atoms with Crippen molar-refractivity contribution in [1.82, 2.24) is 4.90 Å². The minimum Gasteiger partial charge on any atom is -0.507 e. The second kappa shape index (κ2) is 10.5. The molecule has 1 saturated heterocycles. The van der Waals surface area contributed by atoms with E-state index in [-0.39, 0.29) is 11.3 Å². The zero-order valence-electron chi connectivity index (χ0n) is 19.1. The monoisotopic (exact) mass is 437 g/mol. The van der Waals surface area contributed by atoms with Crippen molar-refractivity contribution in [2.75, 3.05) is 26.9 Å². The molecule has 1 unspecified atom stereocenters. The molecular weight excluding hydrogens is 406 g/mol. The number of rotatable bonds is 9. The van der Waals surface area contributed by atoms with Gasteiger partial charge in [0, 0.05) is 25.8 Å². The van der Waals surface area contributed by atoms with Crippen molar-refractivity contribution >= 4 is 17.4 Å². The van der Waals surface area contributed by atoms with Gasteiger partial charge in [-0.3, -0.25) is 9.59 Å². The molecule has 2 aromatic carbocycles. The fourth-order valence-corrected chi connectivity index (χ4v) is 3.95. The lowest BCUT2D eigenvalue weighted by Crippen LogP contribution is -2.31. The minimum absolute atomic E-state index is 0.0957. The number of carbonyl (C=O) groups excluding carboxylic acids is 2. The van der Waals surface area contributed by atoms with Crippen LogP contribution in [0.15, 0.2) is 54.1 Å². The number of hydrogen-bond donors (Lipinski definition) is 1. The second-order valence-electron chi connectivity index (χ2n) is 8.12. The predicted octanol–water partition coefficient (Wildman–Crippen LogP) is 4.67. The molecule has 6 nitrogen and oxygen atoms in total. The van der Waals surface area contributed by atoms with E-state index in [2.05, 4.69) is 13.8 Å². The molecule has 1 aliphatic rings. The molecule has 2 aromatic rings. The number of aliphatic hydroxyl groups excluding tert-OH is 1. The molecular formula is C26H31NO5. The van der Waals surface area contributed by atoms with E-state index >= 15 is 0 Å². The van der Waals surface area contributed by atoms with Gasteiger partial charge in [0.2, 0.25) is 0 Å². The lowest BCUT2D eigenvalue weighted by atomic mass is 9.93. The van der Waals surface area contributed by atoms with Crippen LogP contribution in [0.5, 0.6) is 5.75 Å². The molecule has 1 fully saturated rings. The Hall–Kier alpha value is -3.12. The van der Waals surface area contributed by atoms with E-state index < -0.39 is 17.7 Å². The van der Waals surface area contributed by atoms with Crippen LogP contribution in [0.2, 0.25) is 0 Å². The number of aliphatic hydroxyl groups is 1. The van der Waals surface area contributed by atoms with Crippen LogP contribution in [0, 0.1) is 0 Å². The van der Waals surface area contributed by atoms with Gasteiger partial charge in [0.25, 0.3) is 11.7 Å². The van der Waals surface area contributed by atoms with Gasteiger partial charge in [-0.2, -0.15) is 0 Å². The first-order chi connectivity index (χ1) is 15.4. The average molecular weight is 438 g/mol. The van der Waals surface area contributed by atoms with Gasteiger partial charge in [-0.05, 0) is 42.5 Å². The topological polar surface area (TPSA) is 76.1 Å². The number of hydrogen-bond acceptors (Lipinski definition) is 5. The van der Waals surface area contributed by atoms with Crippen molar-refractivity contribution in [3.8, 4) is 5.75 Å². The molecule has 1 N–H and O–H groups in total. The number of ketones is 1. The second-order valence-corrected chi connectivity index (χ2v) is 8.12. The summed E-state index contributed by atoms with van der Waals surface area (Å²) in [6.07, 6.45) is 0.587. The third-order valence-corrected chi connectivity index (χ3v) is 5.62. The molecule has 1 amide bonds. The van der Waals surface area contributed by atoms with Crippen molar-refractivity contribution in [3.05, 3.63) is 70.8 Å². The average Bonchev–Trinajstić information content (AvgIpc) is 3.04. The SMILES string of the molecule is CCOc1cccc(/C(O)=C2/C(=O)C(=O)N(CCCOC)C2c2ccc(C(C)C)cc2)c1. The molecule has 0 bridgehead atoms. The molecule has 0 aliphatic carbocycles. The number of nitrogens with zero attached hydrogens (tertiary/aromatic N) is 1. The lowest BCUT2D eigenvalue weighted by Gasteiger charge is -2.25. The Balaban J connectivity index is 2.10. The van der Waals surface area contributed by atoms with E-state index in [1.54, 1.807) is 31.4 Å². The Morgan fingerprint density at radius 2 is 1.84 bits per heavy atom. The van der Waals surface area contributed by atoms with Crippen LogP contribution in [-0.2, 0) is 14.3 Å². The molecule has 0 saturated carbocycles. The van der Waals surface area contributed by atoms with Crippen molar-refractivity contribution in [1.29, 1.82) is 0 Å². The standard InChI is InChI=1S/C26H31NO5/c1-5-32-21-9-6-8-20(16-21)24(28)22-23(19-12-10-18(11-13-19)17(2)3)27(14-7-15-31-4)26(30)25(22)29/h6,8-13,16-17,23,28H,5,7,14-15H2,1-4H3/b24-22-. The van der Waals surface area contributed by atoms with Gasteiger partial charge in [0.05, 0.1) is 18.2 Å². The van der Waals surface area contributed by atoms with Gasteiger partial charge in [-0.25, -0.2) is 0 Å². The highest BCUT2D eigenvalue weighted by molar-refractivity contribution is 6.46. The summed E-state index contributed by atoms with van der Waals surface area (Å²) in [4.78, 5) is 27.5. The normalized spacial score (nSPS) is 17.9. The van der Waals surface area contributed by atoms with Gasteiger partial charge >= 0.3 is 0 Å². The zero-order chi connectivity index (χ0) is 23.3. The van der Waals surface area contributed by atoms with E-state index in [9.17, 15) is 14.7 Å². The van der Waals surface area contributed by atoms with E-state index in [1.165, 1.54) is 4.90 Å². The van der Waals surface area contributed by atoms with Crippen LogP contribution in [0.1, 0.15) is 55.8 Å². The summed E-state index contributed by atoms with van der Waals surface area (Å²) in [5.74, 6) is -0.541. The lowest BCUT2D eigenvalue weighted by molar-refractivity contribution is -0.140. The molecule has 32 heavy (non-hydrogen) atoms. The number of methoxy groups -OCH3 is 1. The van der Waals surface area contributed by atoms with Crippen LogP contribution < -0.4 is 4.74 Å².